The molecule has 122 valence electrons. The second-order valence-electron chi connectivity index (χ2n) is 5.09. The zero-order chi connectivity index (χ0) is 17.0. The van der Waals surface area contributed by atoms with E-state index in [9.17, 15) is 13.2 Å². The molecule has 0 aliphatic heterocycles. The normalized spacial score (nSPS) is 12.9. The first kappa shape index (κ1) is 17.5. The maximum atomic E-state index is 12.7. The molecule has 0 aliphatic carbocycles. The Balaban J connectivity index is 2.35. The summed E-state index contributed by atoms with van der Waals surface area (Å²) in [6, 6.07) is 14.4. The molecule has 0 spiro atoms. The van der Waals surface area contributed by atoms with E-state index in [1.54, 1.807) is 54.6 Å². The van der Waals surface area contributed by atoms with Crippen LogP contribution in [0.5, 0.6) is 0 Å². The summed E-state index contributed by atoms with van der Waals surface area (Å²) in [5.74, 6) is -0.452. The highest BCUT2D eigenvalue weighted by atomic mass is 35.5. The molecule has 0 radical (unpaired) electrons. The molecule has 1 atom stereocenters. The van der Waals surface area contributed by atoms with E-state index in [-0.39, 0.29) is 0 Å². The molecule has 0 saturated carbocycles. The third kappa shape index (κ3) is 4.54. The van der Waals surface area contributed by atoms with Crippen molar-refractivity contribution in [1.29, 1.82) is 0 Å². The van der Waals surface area contributed by atoms with E-state index in [1.165, 1.54) is 7.05 Å². The second-order valence-corrected chi connectivity index (χ2v) is 7.57. The Hall–Kier alpha value is -1.89. The minimum atomic E-state index is -3.55. The fraction of sp³-hybridized carbons (Fsp3) is 0.188. The van der Waals surface area contributed by atoms with Gasteiger partial charge in [-0.15, -0.1) is 0 Å². The summed E-state index contributed by atoms with van der Waals surface area (Å²) >= 11 is 5.90. The molecule has 0 unspecified atom stereocenters. The van der Waals surface area contributed by atoms with E-state index in [4.69, 9.17) is 11.6 Å². The van der Waals surface area contributed by atoms with Crippen molar-refractivity contribution < 1.29 is 13.2 Å². The average Bonchev–Trinajstić information content (AvgIpc) is 2.47. The number of likely N-dealkylation sites (N-methyl/N-ethyl adjacent to an activating group) is 1. The lowest BCUT2D eigenvalue weighted by atomic mass is 10.1. The zero-order valence-corrected chi connectivity index (χ0v) is 14.3. The molecule has 1 amide bonds. The highest BCUT2D eigenvalue weighted by Gasteiger charge is 2.30. The van der Waals surface area contributed by atoms with Crippen LogP contribution in [0.25, 0.3) is 0 Å². The van der Waals surface area contributed by atoms with Gasteiger partial charge in [-0.2, -0.15) is 4.31 Å². The standard InChI is InChI=1S/C16H17ClN2O3S/c1-19(23(2,21)22)15(12-7-4-3-5-8-12)16(20)18-14-10-6-9-13(17)11-14/h3-11,15H,1-2H3,(H,18,20)/t15-/m0/s1. The molecule has 0 bridgehead atoms. The number of amides is 1. The van der Waals surface area contributed by atoms with E-state index in [0.717, 1.165) is 10.6 Å². The number of hydrogen-bond acceptors (Lipinski definition) is 3. The molecule has 2 rings (SSSR count). The van der Waals surface area contributed by atoms with Gasteiger partial charge in [-0.25, -0.2) is 8.42 Å². The smallest absolute Gasteiger partial charge is 0.247 e. The van der Waals surface area contributed by atoms with Crippen molar-refractivity contribution >= 4 is 33.2 Å². The molecule has 0 aromatic heterocycles. The second kappa shape index (κ2) is 7.12. The van der Waals surface area contributed by atoms with Crippen molar-refractivity contribution in [2.45, 2.75) is 6.04 Å². The number of nitrogens with one attached hydrogen (secondary N) is 1. The molecule has 7 heteroatoms. The first-order chi connectivity index (χ1) is 10.8. The monoisotopic (exact) mass is 352 g/mol. The molecule has 0 heterocycles. The molecular weight excluding hydrogens is 336 g/mol. The highest BCUT2D eigenvalue weighted by Crippen LogP contribution is 2.24. The van der Waals surface area contributed by atoms with Gasteiger partial charge in [0, 0.05) is 17.8 Å². The number of carbonyl (C=O) groups is 1. The molecule has 2 aromatic carbocycles. The van der Waals surface area contributed by atoms with Crippen LogP contribution in [0.4, 0.5) is 5.69 Å². The van der Waals surface area contributed by atoms with Crippen LogP contribution in [0.3, 0.4) is 0 Å². The topological polar surface area (TPSA) is 66.5 Å². The Morgan fingerprint density at radius 2 is 1.78 bits per heavy atom. The average molecular weight is 353 g/mol. The minimum Gasteiger partial charge on any atom is -0.324 e. The maximum absolute atomic E-state index is 12.7. The molecule has 0 aliphatic rings. The van der Waals surface area contributed by atoms with Gasteiger partial charge >= 0.3 is 0 Å². The van der Waals surface area contributed by atoms with Gasteiger partial charge in [0.15, 0.2) is 0 Å². The number of nitrogens with zero attached hydrogens (tertiary/aromatic N) is 1. The Morgan fingerprint density at radius 3 is 2.35 bits per heavy atom. The Labute approximate surface area is 140 Å². The van der Waals surface area contributed by atoms with Crippen LogP contribution in [0, 0.1) is 0 Å². The Morgan fingerprint density at radius 1 is 1.13 bits per heavy atom. The van der Waals surface area contributed by atoms with E-state index < -0.39 is 22.0 Å². The van der Waals surface area contributed by atoms with Gasteiger partial charge in [0.05, 0.1) is 6.26 Å². The van der Waals surface area contributed by atoms with Crippen LogP contribution >= 0.6 is 11.6 Å². The van der Waals surface area contributed by atoms with Crippen LogP contribution in [-0.2, 0) is 14.8 Å². The first-order valence-electron chi connectivity index (χ1n) is 6.83. The number of hydrogen-bond donors (Lipinski definition) is 1. The van der Waals surface area contributed by atoms with Crippen LogP contribution in [0.1, 0.15) is 11.6 Å². The molecule has 5 nitrogen and oxygen atoms in total. The number of sulfonamides is 1. The summed E-state index contributed by atoms with van der Waals surface area (Å²) in [5, 5.41) is 3.19. The van der Waals surface area contributed by atoms with E-state index in [1.807, 2.05) is 0 Å². The summed E-state index contributed by atoms with van der Waals surface area (Å²) in [7, 11) is -2.17. The number of carbonyl (C=O) groups excluding carboxylic acids is 1. The maximum Gasteiger partial charge on any atom is 0.247 e. The van der Waals surface area contributed by atoms with Crippen molar-refractivity contribution in [3.63, 3.8) is 0 Å². The molecule has 2 aromatic rings. The predicted octanol–water partition coefficient (Wildman–Crippen LogP) is 2.91. The minimum absolute atomic E-state index is 0.452. The van der Waals surface area contributed by atoms with Crippen molar-refractivity contribution in [2.24, 2.45) is 0 Å². The highest BCUT2D eigenvalue weighted by molar-refractivity contribution is 7.88. The van der Waals surface area contributed by atoms with E-state index in [2.05, 4.69) is 5.32 Å². The van der Waals surface area contributed by atoms with Gasteiger partial charge < -0.3 is 5.32 Å². The Bertz CT molecular complexity index is 794. The lowest BCUT2D eigenvalue weighted by Gasteiger charge is -2.25. The summed E-state index contributed by atoms with van der Waals surface area (Å²) < 4.78 is 24.8. The van der Waals surface area contributed by atoms with Crippen molar-refractivity contribution in [1.82, 2.24) is 4.31 Å². The molecular formula is C16H17ClN2O3S. The van der Waals surface area contributed by atoms with Crippen LogP contribution < -0.4 is 5.32 Å². The molecule has 0 saturated heterocycles. The fourth-order valence-electron chi connectivity index (χ4n) is 2.13. The van der Waals surface area contributed by atoms with Crippen molar-refractivity contribution in [3.8, 4) is 0 Å². The van der Waals surface area contributed by atoms with Gasteiger partial charge in [0.2, 0.25) is 15.9 Å². The van der Waals surface area contributed by atoms with Crippen molar-refractivity contribution in [3.05, 3.63) is 65.2 Å². The number of rotatable bonds is 5. The van der Waals surface area contributed by atoms with Crippen LogP contribution in [0.15, 0.2) is 54.6 Å². The summed E-state index contributed by atoms with van der Waals surface area (Å²) in [6.07, 6.45) is 1.07. The SMILES string of the molecule is CN([C@H](C(=O)Nc1cccc(Cl)c1)c1ccccc1)S(C)(=O)=O. The number of benzene rings is 2. The first-order valence-corrected chi connectivity index (χ1v) is 9.06. The quantitative estimate of drug-likeness (QED) is 0.899. The van der Waals surface area contributed by atoms with Gasteiger partial charge in [0.1, 0.15) is 6.04 Å². The summed E-state index contributed by atoms with van der Waals surface area (Å²) in [6.45, 7) is 0. The zero-order valence-electron chi connectivity index (χ0n) is 12.7. The van der Waals surface area contributed by atoms with Gasteiger partial charge in [-0.05, 0) is 23.8 Å². The number of anilines is 1. The number of halogens is 1. The van der Waals surface area contributed by atoms with Gasteiger partial charge in [-0.1, -0.05) is 48.0 Å². The molecule has 23 heavy (non-hydrogen) atoms. The van der Waals surface area contributed by atoms with Gasteiger partial charge in [-0.3, -0.25) is 4.79 Å². The predicted molar refractivity (Wildman–Crippen MR) is 91.9 cm³/mol. The van der Waals surface area contributed by atoms with Crippen LogP contribution in [0.2, 0.25) is 5.02 Å². The van der Waals surface area contributed by atoms with Crippen LogP contribution in [-0.4, -0.2) is 31.9 Å². The largest absolute Gasteiger partial charge is 0.324 e. The fourth-order valence-corrected chi connectivity index (χ4v) is 2.92. The molecule has 0 fully saturated rings. The Kier molecular flexibility index (Phi) is 5.41. The third-order valence-electron chi connectivity index (χ3n) is 3.34. The van der Waals surface area contributed by atoms with Gasteiger partial charge in [0.25, 0.3) is 0 Å². The van der Waals surface area contributed by atoms with E-state index in [0.29, 0.717) is 16.3 Å². The lowest BCUT2D eigenvalue weighted by Crippen LogP contribution is -2.38. The third-order valence-corrected chi connectivity index (χ3v) is 4.83. The summed E-state index contributed by atoms with van der Waals surface area (Å²) in [4.78, 5) is 12.7. The van der Waals surface area contributed by atoms with Crippen molar-refractivity contribution in [2.75, 3.05) is 18.6 Å². The summed E-state index contributed by atoms with van der Waals surface area (Å²) in [5.41, 5.74) is 1.09. The lowest BCUT2D eigenvalue weighted by molar-refractivity contribution is -0.119. The molecule has 1 N–H and O–H groups in total. The van der Waals surface area contributed by atoms with E-state index >= 15 is 0 Å².